The summed E-state index contributed by atoms with van der Waals surface area (Å²) in [4.78, 5) is 33.1. The Bertz CT molecular complexity index is 1490. The summed E-state index contributed by atoms with van der Waals surface area (Å²) in [6, 6.07) is 15.0. The number of thioether (sulfide) groups is 1. The summed E-state index contributed by atoms with van der Waals surface area (Å²) in [5, 5.41) is 5.84. The van der Waals surface area contributed by atoms with Crippen LogP contribution in [0.25, 0.3) is 15.9 Å². The van der Waals surface area contributed by atoms with Gasteiger partial charge in [0.05, 0.1) is 23.0 Å². The second kappa shape index (κ2) is 10.4. The molecule has 0 atom stereocenters. The number of aromatic nitrogens is 2. The second-order valence-electron chi connectivity index (χ2n) is 8.40. The maximum absolute atomic E-state index is 13.8. The third-order valence-corrected chi connectivity index (χ3v) is 8.19. The van der Waals surface area contributed by atoms with E-state index < -0.39 is 0 Å². The van der Waals surface area contributed by atoms with E-state index in [1.807, 2.05) is 43.3 Å². The molecule has 178 valence electrons. The van der Waals surface area contributed by atoms with Crippen LogP contribution in [-0.2, 0) is 17.6 Å². The zero-order valence-corrected chi connectivity index (χ0v) is 21.5. The zero-order valence-electron chi connectivity index (χ0n) is 19.1. The van der Waals surface area contributed by atoms with E-state index >= 15 is 0 Å². The van der Waals surface area contributed by atoms with E-state index in [9.17, 15) is 9.59 Å². The molecule has 1 aliphatic rings. The molecular weight excluding hydrogens is 500 g/mol. The van der Waals surface area contributed by atoms with E-state index in [0.717, 1.165) is 58.3 Å². The van der Waals surface area contributed by atoms with E-state index in [2.05, 4.69) is 10.5 Å². The Labute approximate surface area is 216 Å². The number of fused-ring (bicyclic) bond motifs is 3. The molecule has 0 aliphatic heterocycles. The van der Waals surface area contributed by atoms with Gasteiger partial charge in [0.15, 0.2) is 5.16 Å². The van der Waals surface area contributed by atoms with Gasteiger partial charge >= 0.3 is 0 Å². The van der Waals surface area contributed by atoms with E-state index in [-0.39, 0.29) is 17.2 Å². The van der Waals surface area contributed by atoms with Gasteiger partial charge < -0.3 is 0 Å². The average Bonchev–Trinajstić information content (AvgIpc) is 3.22. The molecule has 0 radical (unpaired) electrons. The number of carbonyl (C=O) groups is 1. The van der Waals surface area contributed by atoms with Crippen LogP contribution in [0.15, 0.2) is 63.6 Å². The number of hydrazone groups is 1. The van der Waals surface area contributed by atoms with Gasteiger partial charge in [-0.2, -0.15) is 5.10 Å². The Morgan fingerprint density at radius 3 is 2.83 bits per heavy atom. The fourth-order valence-corrected chi connectivity index (χ4v) is 6.44. The highest BCUT2D eigenvalue weighted by molar-refractivity contribution is 7.99. The molecule has 0 spiro atoms. The van der Waals surface area contributed by atoms with Crippen LogP contribution < -0.4 is 11.0 Å². The van der Waals surface area contributed by atoms with Crippen molar-refractivity contribution in [2.24, 2.45) is 5.10 Å². The predicted octanol–water partition coefficient (Wildman–Crippen LogP) is 5.53. The third-order valence-electron chi connectivity index (χ3n) is 5.83. The van der Waals surface area contributed by atoms with E-state index in [0.29, 0.717) is 10.2 Å². The van der Waals surface area contributed by atoms with Crippen molar-refractivity contribution < 1.29 is 4.79 Å². The van der Waals surface area contributed by atoms with Crippen LogP contribution in [0.2, 0.25) is 5.02 Å². The molecule has 0 bridgehead atoms. The van der Waals surface area contributed by atoms with Gasteiger partial charge in [0.2, 0.25) is 0 Å². The predicted molar refractivity (Wildman–Crippen MR) is 145 cm³/mol. The van der Waals surface area contributed by atoms with Gasteiger partial charge in [-0.15, -0.1) is 11.3 Å². The number of carbonyl (C=O) groups excluding carboxylic acids is 1. The Kier molecular flexibility index (Phi) is 7.04. The Morgan fingerprint density at radius 2 is 2.03 bits per heavy atom. The molecule has 0 fully saturated rings. The van der Waals surface area contributed by atoms with Gasteiger partial charge in [-0.25, -0.2) is 10.4 Å². The summed E-state index contributed by atoms with van der Waals surface area (Å²) in [6.45, 7) is 2.01. The first-order valence-electron chi connectivity index (χ1n) is 11.3. The molecule has 9 heteroatoms. The van der Waals surface area contributed by atoms with Crippen molar-refractivity contribution in [1.82, 2.24) is 15.0 Å². The SMILES string of the molecule is Cc1ccc(-n2c(SCC(=O)N/N=C/c3cccc(Cl)c3)nc3sc4c(c3c2=O)CCCC4)cc1. The number of thiophene rings is 1. The fourth-order valence-electron chi connectivity index (χ4n) is 4.13. The fraction of sp³-hybridized carbons (Fsp3) is 0.231. The highest BCUT2D eigenvalue weighted by Gasteiger charge is 2.23. The second-order valence-corrected chi connectivity index (χ2v) is 10.9. The summed E-state index contributed by atoms with van der Waals surface area (Å²) in [5.74, 6) is -0.217. The minimum atomic E-state index is -0.288. The minimum absolute atomic E-state index is 0.0693. The lowest BCUT2D eigenvalue weighted by Crippen LogP contribution is -2.24. The van der Waals surface area contributed by atoms with Crippen LogP contribution in [0.5, 0.6) is 0 Å². The van der Waals surface area contributed by atoms with Crippen LogP contribution in [-0.4, -0.2) is 27.4 Å². The number of amides is 1. The summed E-state index contributed by atoms with van der Waals surface area (Å²) in [7, 11) is 0. The van der Waals surface area contributed by atoms with E-state index in [1.54, 1.807) is 28.0 Å². The molecule has 5 rings (SSSR count). The van der Waals surface area contributed by atoms with Crippen molar-refractivity contribution in [3.63, 3.8) is 0 Å². The smallest absolute Gasteiger partial charge is 0.267 e. The van der Waals surface area contributed by atoms with Crippen molar-refractivity contribution in [3.8, 4) is 5.69 Å². The number of benzene rings is 2. The Balaban J connectivity index is 1.43. The molecule has 6 nitrogen and oxygen atoms in total. The van der Waals surface area contributed by atoms with E-state index in [1.165, 1.54) is 22.9 Å². The van der Waals surface area contributed by atoms with Gasteiger partial charge in [-0.1, -0.05) is 53.2 Å². The topological polar surface area (TPSA) is 76.3 Å². The average molecular weight is 523 g/mol. The molecule has 1 amide bonds. The Morgan fingerprint density at radius 1 is 1.23 bits per heavy atom. The molecule has 1 aliphatic carbocycles. The molecule has 35 heavy (non-hydrogen) atoms. The summed E-state index contributed by atoms with van der Waals surface area (Å²) in [6.07, 6.45) is 5.69. The first-order valence-corrected chi connectivity index (χ1v) is 13.5. The van der Waals surface area contributed by atoms with Crippen LogP contribution in [0.1, 0.15) is 34.4 Å². The highest BCUT2D eigenvalue weighted by atomic mass is 35.5. The lowest BCUT2D eigenvalue weighted by Gasteiger charge is -2.13. The first-order chi connectivity index (χ1) is 17.0. The number of nitrogens with zero attached hydrogens (tertiary/aromatic N) is 3. The molecular formula is C26H23ClN4O2S2. The van der Waals surface area contributed by atoms with E-state index in [4.69, 9.17) is 16.6 Å². The molecule has 0 unspecified atom stereocenters. The number of hydrogen-bond acceptors (Lipinski definition) is 6. The standard InChI is InChI=1S/C26H23ClN4O2S2/c1-16-9-11-19(12-10-16)31-25(33)23-20-7-2-3-8-21(20)35-24(23)29-26(31)34-15-22(32)30-28-14-17-5-4-6-18(27)13-17/h4-6,9-14H,2-3,7-8,15H2,1H3,(H,30,32)/b28-14+. The highest BCUT2D eigenvalue weighted by Crippen LogP contribution is 2.35. The van der Waals surface area contributed by atoms with Crippen LogP contribution in [0, 0.1) is 6.92 Å². The first kappa shape index (κ1) is 23.8. The number of halogens is 1. The molecule has 2 aromatic carbocycles. The number of hydrogen-bond donors (Lipinski definition) is 1. The molecule has 1 N–H and O–H groups in total. The molecule has 2 aromatic heterocycles. The van der Waals surface area contributed by atoms with Gasteiger partial charge in [0.25, 0.3) is 11.5 Å². The Hall–Kier alpha value is -2.94. The number of aryl methyl sites for hydroxylation is 3. The lowest BCUT2D eigenvalue weighted by molar-refractivity contribution is -0.118. The van der Waals surface area contributed by atoms with Crippen LogP contribution in [0.3, 0.4) is 0 Å². The van der Waals surface area contributed by atoms with Gasteiger partial charge in [-0.05, 0) is 68.0 Å². The van der Waals surface area contributed by atoms with Gasteiger partial charge in [0.1, 0.15) is 4.83 Å². The summed E-state index contributed by atoms with van der Waals surface area (Å²) in [5.41, 5.74) is 6.25. The van der Waals surface area contributed by atoms with Gasteiger partial charge in [0, 0.05) is 9.90 Å². The monoisotopic (exact) mass is 522 g/mol. The number of nitrogens with one attached hydrogen (secondary N) is 1. The van der Waals surface area contributed by atoms with Gasteiger partial charge in [-0.3, -0.25) is 14.2 Å². The van der Waals surface area contributed by atoms with Crippen molar-refractivity contribution in [1.29, 1.82) is 0 Å². The minimum Gasteiger partial charge on any atom is -0.272 e. The van der Waals surface area contributed by atoms with Crippen molar-refractivity contribution >= 4 is 57.0 Å². The molecule has 2 heterocycles. The summed E-state index contributed by atoms with van der Waals surface area (Å²) >= 11 is 8.82. The quantitative estimate of drug-likeness (QED) is 0.156. The normalized spacial score (nSPS) is 13.3. The largest absolute Gasteiger partial charge is 0.272 e. The van der Waals surface area contributed by atoms with Crippen LogP contribution in [0.4, 0.5) is 0 Å². The molecule has 0 saturated carbocycles. The molecule has 0 saturated heterocycles. The zero-order chi connectivity index (χ0) is 24.4. The summed E-state index contributed by atoms with van der Waals surface area (Å²) < 4.78 is 1.64. The lowest BCUT2D eigenvalue weighted by atomic mass is 9.97. The van der Waals surface area contributed by atoms with Crippen molar-refractivity contribution in [3.05, 3.63) is 85.5 Å². The molecule has 4 aromatic rings. The number of rotatable bonds is 6. The van der Waals surface area contributed by atoms with Crippen LogP contribution >= 0.6 is 34.7 Å². The third kappa shape index (κ3) is 5.19. The van der Waals surface area contributed by atoms with Crippen molar-refractivity contribution in [2.45, 2.75) is 37.8 Å². The maximum Gasteiger partial charge on any atom is 0.267 e. The maximum atomic E-state index is 13.8. The van der Waals surface area contributed by atoms with Crippen molar-refractivity contribution in [2.75, 3.05) is 5.75 Å².